The van der Waals surface area contributed by atoms with Gasteiger partial charge in [-0.15, -0.1) is 0 Å². The zero-order valence-corrected chi connectivity index (χ0v) is 9.24. The largest absolute Gasteiger partial charge is 0.390 e. The minimum atomic E-state index is -0.708. The molecule has 2 aliphatic heterocycles. The van der Waals surface area contributed by atoms with Gasteiger partial charge in [0.25, 0.3) is 0 Å². The first-order valence-corrected chi connectivity index (χ1v) is 5.30. The van der Waals surface area contributed by atoms with Crippen LogP contribution in [0.5, 0.6) is 0 Å². The summed E-state index contributed by atoms with van der Waals surface area (Å²) in [6.45, 7) is 2.30. The standard InChI is InChI=1S/C8H15BO4S/c1-2-4(10)8-3-11-5(6(8)13-14)7(9)12-8/h4-7,10,14H,2-3,9H2,1H3/t4-,5+,6-,7+,8+/m0/s1. The lowest BCUT2D eigenvalue weighted by atomic mass is 9.88. The van der Waals surface area contributed by atoms with E-state index in [1.165, 1.54) is 0 Å². The molecule has 0 aliphatic carbocycles. The number of hydrogen-bond donors (Lipinski definition) is 2. The first-order chi connectivity index (χ1) is 6.65. The van der Waals surface area contributed by atoms with Crippen molar-refractivity contribution in [3.05, 3.63) is 0 Å². The van der Waals surface area contributed by atoms with Crippen molar-refractivity contribution < 1.29 is 18.8 Å². The molecule has 80 valence electrons. The Morgan fingerprint density at radius 2 is 2.50 bits per heavy atom. The van der Waals surface area contributed by atoms with Gasteiger partial charge in [0.15, 0.2) is 0 Å². The van der Waals surface area contributed by atoms with Gasteiger partial charge in [0.05, 0.1) is 18.7 Å². The summed E-state index contributed by atoms with van der Waals surface area (Å²) in [5, 5.41) is 9.94. The molecule has 2 bridgehead atoms. The molecule has 2 aliphatic rings. The van der Waals surface area contributed by atoms with E-state index in [1.54, 1.807) is 0 Å². The summed E-state index contributed by atoms with van der Waals surface area (Å²) in [4.78, 5) is 0. The number of aliphatic hydroxyl groups excluding tert-OH is 1. The van der Waals surface area contributed by atoms with E-state index in [-0.39, 0.29) is 18.2 Å². The lowest BCUT2D eigenvalue weighted by molar-refractivity contribution is -0.166. The van der Waals surface area contributed by atoms with Crippen molar-refractivity contribution in [3.8, 4) is 0 Å². The highest BCUT2D eigenvalue weighted by Gasteiger charge is 2.63. The lowest BCUT2D eigenvalue weighted by Gasteiger charge is -2.34. The van der Waals surface area contributed by atoms with Crippen LogP contribution in [-0.2, 0) is 13.7 Å². The second kappa shape index (κ2) is 3.68. The first kappa shape index (κ1) is 10.8. The molecule has 1 N–H and O–H groups in total. The molecule has 0 saturated carbocycles. The number of ether oxygens (including phenoxy) is 2. The van der Waals surface area contributed by atoms with E-state index in [2.05, 4.69) is 12.9 Å². The van der Waals surface area contributed by atoms with Crippen molar-refractivity contribution >= 4 is 20.8 Å². The maximum Gasteiger partial charge on any atom is 0.146 e. The van der Waals surface area contributed by atoms with Gasteiger partial charge in [-0.2, -0.15) is 0 Å². The third-order valence-electron chi connectivity index (χ3n) is 3.21. The average Bonchev–Trinajstić information content (AvgIpc) is 2.68. The molecule has 0 radical (unpaired) electrons. The van der Waals surface area contributed by atoms with E-state index >= 15 is 0 Å². The van der Waals surface area contributed by atoms with E-state index in [9.17, 15) is 5.11 Å². The summed E-state index contributed by atoms with van der Waals surface area (Å²) < 4.78 is 16.4. The Labute approximate surface area is 89.9 Å². The molecular formula is C8H15BO4S. The summed E-state index contributed by atoms with van der Waals surface area (Å²) in [5.74, 6) is 0. The molecule has 0 aromatic carbocycles. The van der Waals surface area contributed by atoms with Gasteiger partial charge in [-0.25, -0.2) is 0 Å². The topological polar surface area (TPSA) is 47.9 Å². The van der Waals surface area contributed by atoms with Crippen molar-refractivity contribution in [2.24, 2.45) is 0 Å². The monoisotopic (exact) mass is 218 g/mol. The Morgan fingerprint density at radius 3 is 3.00 bits per heavy atom. The fraction of sp³-hybridized carbons (Fsp3) is 1.00. The second-order valence-corrected chi connectivity index (χ2v) is 4.21. The molecule has 2 heterocycles. The van der Waals surface area contributed by atoms with Gasteiger partial charge in [-0.1, -0.05) is 6.92 Å². The van der Waals surface area contributed by atoms with Crippen molar-refractivity contribution in [1.29, 1.82) is 0 Å². The molecule has 0 aromatic rings. The summed E-state index contributed by atoms with van der Waals surface area (Å²) in [6, 6.07) is -0.0397. The van der Waals surface area contributed by atoms with Gasteiger partial charge >= 0.3 is 0 Å². The fourth-order valence-electron chi connectivity index (χ4n) is 2.43. The number of hydrogen-bond acceptors (Lipinski definition) is 5. The van der Waals surface area contributed by atoms with Gasteiger partial charge < -0.3 is 18.8 Å². The van der Waals surface area contributed by atoms with Gasteiger partial charge in [0.1, 0.15) is 25.7 Å². The number of aliphatic hydroxyl groups is 1. The van der Waals surface area contributed by atoms with Gasteiger partial charge in [0, 0.05) is 0 Å². The smallest absolute Gasteiger partial charge is 0.146 e. The number of rotatable bonds is 3. The SMILES string of the molecule is B[C@@H]1O[C@@]2([C@@H](O)CC)CO[C@@H]1[C@@H]2OS. The molecule has 6 heteroatoms. The zero-order valence-electron chi connectivity index (χ0n) is 8.34. The van der Waals surface area contributed by atoms with Crippen LogP contribution in [0.25, 0.3) is 0 Å². The lowest BCUT2D eigenvalue weighted by Crippen LogP contribution is -2.51. The quantitative estimate of drug-likeness (QED) is 0.366. The average molecular weight is 218 g/mol. The van der Waals surface area contributed by atoms with Gasteiger partial charge in [-0.3, -0.25) is 0 Å². The van der Waals surface area contributed by atoms with Crippen LogP contribution in [0.4, 0.5) is 0 Å². The van der Waals surface area contributed by atoms with Crippen molar-refractivity contribution in [2.75, 3.05) is 6.61 Å². The summed E-state index contributed by atoms with van der Waals surface area (Å²) >= 11 is 3.83. The third-order valence-corrected chi connectivity index (χ3v) is 3.44. The molecular weight excluding hydrogens is 203 g/mol. The molecule has 2 fully saturated rings. The normalized spacial score (nSPS) is 48.4. The Kier molecular flexibility index (Phi) is 2.83. The molecule has 5 atom stereocenters. The molecule has 0 aromatic heterocycles. The van der Waals surface area contributed by atoms with Crippen LogP contribution in [0.2, 0.25) is 0 Å². The van der Waals surface area contributed by atoms with Crippen molar-refractivity contribution in [3.63, 3.8) is 0 Å². The predicted molar refractivity (Wildman–Crippen MR) is 56.0 cm³/mol. The highest BCUT2D eigenvalue weighted by Crippen LogP contribution is 2.44. The molecule has 0 unspecified atom stereocenters. The first-order valence-electron chi connectivity index (χ1n) is 4.93. The Morgan fingerprint density at radius 1 is 1.79 bits per heavy atom. The van der Waals surface area contributed by atoms with E-state index in [1.807, 2.05) is 14.8 Å². The van der Waals surface area contributed by atoms with Crippen LogP contribution in [0, 0.1) is 0 Å². The second-order valence-electron chi connectivity index (χ2n) is 4.00. The van der Waals surface area contributed by atoms with Crippen LogP contribution in [0.15, 0.2) is 0 Å². The van der Waals surface area contributed by atoms with Crippen molar-refractivity contribution in [2.45, 2.75) is 43.3 Å². The van der Waals surface area contributed by atoms with Crippen LogP contribution in [0.1, 0.15) is 13.3 Å². The van der Waals surface area contributed by atoms with Gasteiger partial charge in [0.2, 0.25) is 0 Å². The fourth-order valence-corrected chi connectivity index (χ4v) is 2.73. The molecule has 14 heavy (non-hydrogen) atoms. The molecule has 2 rings (SSSR count). The number of thiol groups is 1. The van der Waals surface area contributed by atoms with E-state index < -0.39 is 11.7 Å². The van der Waals surface area contributed by atoms with E-state index in [0.29, 0.717) is 13.0 Å². The number of fused-ring (bicyclic) bond motifs is 2. The van der Waals surface area contributed by atoms with E-state index in [4.69, 9.17) is 13.7 Å². The van der Waals surface area contributed by atoms with Crippen LogP contribution in [-0.4, -0.2) is 49.5 Å². The summed E-state index contributed by atoms with van der Waals surface area (Å²) in [7, 11) is 1.92. The maximum absolute atomic E-state index is 9.94. The maximum atomic E-state index is 9.94. The Bertz CT molecular complexity index is 229. The summed E-state index contributed by atoms with van der Waals surface area (Å²) in [5.41, 5.74) is -0.708. The highest BCUT2D eigenvalue weighted by atomic mass is 32.1. The Hall–Kier alpha value is 0.255. The molecule has 2 saturated heterocycles. The van der Waals surface area contributed by atoms with Crippen LogP contribution >= 0.6 is 12.9 Å². The molecule has 0 amide bonds. The zero-order chi connectivity index (χ0) is 10.3. The third kappa shape index (κ3) is 1.25. The van der Waals surface area contributed by atoms with E-state index in [0.717, 1.165) is 0 Å². The Balaban J connectivity index is 2.24. The minimum Gasteiger partial charge on any atom is -0.390 e. The van der Waals surface area contributed by atoms with Crippen LogP contribution < -0.4 is 0 Å². The van der Waals surface area contributed by atoms with Crippen molar-refractivity contribution in [1.82, 2.24) is 0 Å². The van der Waals surface area contributed by atoms with Crippen LogP contribution in [0.3, 0.4) is 0 Å². The molecule has 4 nitrogen and oxygen atoms in total. The predicted octanol–water partition coefficient (Wildman–Crippen LogP) is -0.886. The highest BCUT2D eigenvalue weighted by molar-refractivity contribution is 7.75. The minimum absolute atomic E-state index is 0.0397. The summed E-state index contributed by atoms with van der Waals surface area (Å²) in [6.07, 6.45) is -0.310. The van der Waals surface area contributed by atoms with Gasteiger partial charge in [-0.05, 0) is 19.3 Å². The molecule has 0 spiro atoms.